The van der Waals surface area contributed by atoms with E-state index < -0.39 is 5.97 Å². The smallest absolute Gasteiger partial charge is 0.337 e. The Hall–Kier alpha value is -2.52. The van der Waals surface area contributed by atoms with Crippen LogP contribution < -0.4 is 0 Å². The fourth-order valence-corrected chi connectivity index (χ4v) is 1.40. The molecule has 0 aliphatic carbocycles. The van der Waals surface area contributed by atoms with Crippen molar-refractivity contribution < 1.29 is 14.7 Å². The van der Waals surface area contributed by atoms with Crippen molar-refractivity contribution in [3.05, 3.63) is 36.0 Å². The maximum atomic E-state index is 10.8. The molecule has 0 radical (unpaired) electrons. The fraction of sp³-hybridized carbons (Fsp3) is 0. The van der Waals surface area contributed by atoms with Crippen molar-refractivity contribution in [1.29, 1.82) is 0 Å². The summed E-state index contributed by atoms with van der Waals surface area (Å²) in [5.41, 5.74) is 1.01. The standard InChI is InChI=1S/C11H6N2O3/c14-6-13-10-3-1-2-9-8(10)4-7(5-12-9)11(15)16/h1-5H,(H,15,16). The number of carboxylic acids is 1. The molecule has 1 heterocycles. The average Bonchev–Trinajstić information content (AvgIpc) is 2.29. The first-order valence-corrected chi connectivity index (χ1v) is 4.42. The third kappa shape index (κ3) is 1.67. The number of aliphatic imine (C=N–C) groups is 1. The van der Waals surface area contributed by atoms with E-state index in [2.05, 4.69) is 9.98 Å². The van der Waals surface area contributed by atoms with Crippen LogP contribution in [0.3, 0.4) is 0 Å². The van der Waals surface area contributed by atoms with Crippen molar-refractivity contribution in [2.45, 2.75) is 0 Å². The molecule has 0 saturated heterocycles. The van der Waals surface area contributed by atoms with Crippen LogP contribution in [-0.4, -0.2) is 22.1 Å². The van der Waals surface area contributed by atoms with Crippen LogP contribution in [-0.2, 0) is 4.79 Å². The maximum Gasteiger partial charge on any atom is 0.337 e. The van der Waals surface area contributed by atoms with Crippen LogP contribution in [0.2, 0.25) is 0 Å². The number of isocyanates is 1. The number of nitrogens with zero attached hydrogens (tertiary/aromatic N) is 2. The molecule has 0 spiro atoms. The van der Waals surface area contributed by atoms with Gasteiger partial charge >= 0.3 is 5.97 Å². The number of hydrogen-bond donors (Lipinski definition) is 1. The van der Waals surface area contributed by atoms with Crippen molar-refractivity contribution >= 4 is 28.6 Å². The van der Waals surface area contributed by atoms with E-state index in [0.717, 1.165) is 0 Å². The molecular weight excluding hydrogens is 208 g/mol. The largest absolute Gasteiger partial charge is 0.478 e. The monoisotopic (exact) mass is 214 g/mol. The van der Waals surface area contributed by atoms with Gasteiger partial charge in [0, 0.05) is 11.6 Å². The summed E-state index contributed by atoms with van der Waals surface area (Å²) in [5, 5.41) is 9.34. The van der Waals surface area contributed by atoms with Crippen LogP contribution in [0.25, 0.3) is 10.9 Å². The number of pyridine rings is 1. The summed E-state index contributed by atoms with van der Waals surface area (Å²) in [5.74, 6) is -1.07. The van der Waals surface area contributed by atoms with Gasteiger partial charge in [0.2, 0.25) is 6.08 Å². The predicted octanol–water partition coefficient (Wildman–Crippen LogP) is 1.90. The maximum absolute atomic E-state index is 10.8. The first-order valence-electron chi connectivity index (χ1n) is 4.42. The molecule has 0 unspecified atom stereocenters. The van der Waals surface area contributed by atoms with E-state index in [4.69, 9.17) is 5.11 Å². The van der Waals surface area contributed by atoms with Crippen LogP contribution in [0.1, 0.15) is 10.4 Å². The van der Waals surface area contributed by atoms with Gasteiger partial charge in [0.15, 0.2) is 0 Å². The first kappa shape index (κ1) is 10.0. The molecule has 0 atom stereocenters. The second-order valence-electron chi connectivity index (χ2n) is 3.08. The number of aromatic nitrogens is 1. The Kier molecular flexibility index (Phi) is 2.45. The van der Waals surface area contributed by atoms with Gasteiger partial charge in [0.05, 0.1) is 16.8 Å². The highest BCUT2D eigenvalue weighted by atomic mass is 16.4. The van der Waals surface area contributed by atoms with Crippen LogP contribution in [0.5, 0.6) is 0 Å². The van der Waals surface area contributed by atoms with Crippen LogP contribution in [0, 0.1) is 0 Å². The van der Waals surface area contributed by atoms with E-state index in [-0.39, 0.29) is 5.56 Å². The number of aromatic carboxylic acids is 1. The molecule has 1 aromatic heterocycles. The Labute approximate surface area is 90.1 Å². The minimum Gasteiger partial charge on any atom is -0.478 e. The number of benzene rings is 1. The molecule has 2 rings (SSSR count). The lowest BCUT2D eigenvalue weighted by Crippen LogP contribution is -1.96. The zero-order chi connectivity index (χ0) is 11.5. The SMILES string of the molecule is O=C=Nc1cccc2ncc(C(=O)O)cc12. The van der Waals surface area contributed by atoms with Gasteiger partial charge in [0.1, 0.15) is 0 Å². The Morgan fingerprint density at radius 3 is 2.94 bits per heavy atom. The Morgan fingerprint density at radius 2 is 2.25 bits per heavy atom. The van der Waals surface area contributed by atoms with Crippen LogP contribution in [0.15, 0.2) is 35.5 Å². The van der Waals surface area contributed by atoms with Gasteiger partial charge in [-0.1, -0.05) is 6.07 Å². The second-order valence-corrected chi connectivity index (χ2v) is 3.08. The summed E-state index contributed by atoms with van der Waals surface area (Å²) in [4.78, 5) is 28.4. The minimum absolute atomic E-state index is 0.0565. The van der Waals surface area contributed by atoms with Crippen molar-refractivity contribution in [2.24, 2.45) is 4.99 Å². The topological polar surface area (TPSA) is 79.6 Å². The highest BCUT2D eigenvalue weighted by Crippen LogP contribution is 2.24. The molecule has 2 aromatic rings. The van der Waals surface area contributed by atoms with E-state index in [0.29, 0.717) is 16.6 Å². The number of carbonyl (C=O) groups is 1. The highest BCUT2D eigenvalue weighted by Gasteiger charge is 2.07. The van der Waals surface area contributed by atoms with E-state index in [1.807, 2.05) is 0 Å². The number of fused-ring (bicyclic) bond motifs is 1. The molecule has 1 N–H and O–H groups in total. The molecule has 1 aromatic carbocycles. The van der Waals surface area contributed by atoms with Crippen molar-refractivity contribution in [3.63, 3.8) is 0 Å². The van der Waals surface area contributed by atoms with Gasteiger partial charge in [-0.05, 0) is 18.2 Å². The second kappa shape index (κ2) is 3.92. The zero-order valence-corrected chi connectivity index (χ0v) is 8.04. The third-order valence-corrected chi connectivity index (χ3v) is 2.12. The van der Waals surface area contributed by atoms with Gasteiger partial charge in [0.25, 0.3) is 0 Å². The minimum atomic E-state index is -1.07. The third-order valence-electron chi connectivity index (χ3n) is 2.12. The number of rotatable bonds is 2. The number of carboxylic acid groups (broad SMARTS) is 1. The van der Waals surface area contributed by atoms with Crippen molar-refractivity contribution in [3.8, 4) is 0 Å². The lowest BCUT2D eigenvalue weighted by molar-refractivity contribution is 0.0696. The Bertz CT molecular complexity index is 616. The van der Waals surface area contributed by atoms with Crippen LogP contribution in [0.4, 0.5) is 5.69 Å². The first-order chi connectivity index (χ1) is 7.72. The number of hydrogen-bond acceptors (Lipinski definition) is 4. The molecule has 16 heavy (non-hydrogen) atoms. The van der Waals surface area contributed by atoms with Gasteiger partial charge in [-0.3, -0.25) is 4.98 Å². The Balaban J connectivity index is 2.77. The molecule has 78 valence electrons. The summed E-state index contributed by atoms with van der Waals surface area (Å²) in [6, 6.07) is 6.43. The lowest BCUT2D eigenvalue weighted by atomic mass is 10.1. The van der Waals surface area contributed by atoms with E-state index in [1.165, 1.54) is 18.3 Å². The summed E-state index contributed by atoms with van der Waals surface area (Å²) in [7, 11) is 0. The molecule has 0 amide bonds. The van der Waals surface area contributed by atoms with Crippen LogP contribution >= 0.6 is 0 Å². The zero-order valence-electron chi connectivity index (χ0n) is 8.04. The summed E-state index contributed by atoms with van der Waals surface area (Å²) in [6.45, 7) is 0. The quantitative estimate of drug-likeness (QED) is 0.611. The fourth-order valence-electron chi connectivity index (χ4n) is 1.40. The normalized spacial score (nSPS) is 9.75. The van der Waals surface area contributed by atoms with E-state index in [1.54, 1.807) is 18.2 Å². The lowest BCUT2D eigenvalue weighted by Gasteiger charge is -2.00. The highest BCUT2D eigenvalue weighted by molar-refractivity contribution is 5.97. The average molecular weight is 214 g/mol. The molecule has 0 fully saturated rings. The molecule has 0 aliphatic heterocycles. The molecule has 0 saturated carbocycles. The van der Waals surface area contributed by atoms with Gasteiger partial charge in [-0.2, -0.15) is 4.99 Å². The Morgan fingerprint density at radius 1 is 1.44 bits per heavy atom. The number of carbonyl (C=O) groups excluding carboxylic acids is 1. The van der Waals surface area contributed by atoms with Gasteiger partial charge < -0.3 is 5.11 Å². The molecular formula is C11H6N2O3. The van der Waals surface area contributed by atoms with E-state index in [9.17, 15) is 9.59 Å². The predicted molar refractivity (Wildman–Crippen MR) is 56.5 cm³/mol. The van der Waals surface area contributed by atoms with E-state index >= 15 is 0 Å². The molecule has 0 aliphatic rings. The summed E-state index contributed by atoms with van der Waals surface area (Å²) in [6.07, 6.45) is 2.69. The van der Waals surface area contributed by atoms with Crippen molar-refractivity contribution in [2.75, 3.05) is 0 Å². The van der Waals surface area contributed by atoms with Gasteiger partial charge in [-0.25, -0.2) is 9.59 Å². The summed E-state index contributed by atoms with van der Waals surface area (Å²) >= 11 is 0. The van der Waals surface area contributed by atoms with Crippen molar-refractivity contribution in [1.82, 2.24) is 4.98 Å². The molecule has 5 heteroatoms. The van der Waals surface area contributed by atoms with Gasteiger partial charge in [-0.15, -0.1) is 0 Å². The molecule has 5 nitrogen and oxygen atoms in total. The molecule has 0 bridgehead atoms. The summed E-state index contributed by atoms with van der Waals surface area (Å²) < 4.78 is 0.